The van der Waals surface area contributed by atoms with Gasteiger partial charge in [0.25, 0.3) is 0 Å². The Morgan fingerprint density at radius 3 is 2.77 bits per heavy atom. The van der Waals surface area contributed by atoms with Gasteiger partial charge in [0.15, 0.2) is 0 Å². The number of rotatable bonds is 7. The number of imidazole rings is 1. The van der Waals surface area contributed by atoms with Crippen molar-refractivity contribution in [1.29, 1.82) is 0 Å². The molecule has 22 heavy (non-hydrogen) atoms. The number of aromatic nitrogens is 2. The molecule has 0 bridgehead atoms. The van der Waals surface area contributed by atoms with Gasteiger partial charge in [0.1, 0.15) is 11.9 Å². The number of hydrogen-bond donors (Lipinski definition) is 1. The molecule has 4 nitrogen and oxygen atoms in total. The second-order valence-corrected chi connectivity index (χ2v) is 6.02. The predicted molar refractivity (Wildman–Crippen MR) is 90.1 cm³/mol. The van der Waals surface area contributed by atoms with Gasteiger partial charge < -0.3 is 15.0 Å². The molecule has 0 aliphatic carbocycles. The number of thiophene rings is 1. The predicted octanol–water partition coefficient (Wildman–Crippen LogP) is 3.61. The standard InChI is InChI=1S/C17H19N3OS/c18-15-2-5-16(6-3-15)21-17(11-20-9-8-19-13-20)4-1-14-7-10-22-12-14/h2-3,5-10,12-13,17H,1,4,11,18H2. The Morgan fingerprint density at radius 1 is 1.23 bits per heavy atom. The molecule has 2 heterocycles. The molecule has 0 saturated heterocycles. The summed E-state index contributed by atoms with van der Waals surface area (Å²) in [5.74, 6) is 0.852. The van der Waals surface area contributed by atoms with Crippen LogP contribution in [0, 0.1) is 0 Å². The fraction of sp³-hybridized carbons (Fsp3) is 0.235. The average Bonchev–Trinajstić information content (AvgIpc) is 3.20. The molecule has 5 heteroatoms. The van der Waals surface area contributed by atoms with Gasteiger partial charge in [0.2, 0.25) is 0 Å². The van der Waals surface area contributed by atoms with Crippen molar-refractivity contribution in [3.63, 3.8) is 0 Å². The first-order valence-corrected chi connectivity index (χ1v) is 8.23. The van der Waals surface area contributed by atoms with Gasteiger partial charge in [0, 0.05) is 18.1 Å². The molecule has 2 N–H and O–H groups in total. The molecule has 1 aromatic carbocycles. The van der Waals surface area contributed by atoms with E-state index in [-0.39, 0.29) is 6.10 Å². The molecule has 0 radical (unpaired) electrons. The third-order valence-corrected chi connectivity index (χ3v) is 4.22. The van der Waals surface area contributed by atoms with E-state index < -0.39 is 0 Å². The maximum atomic E-state index is 6.14. The van der Waals surface area contributed by atoms with Crippen LogP contribution in [0.5, 0.6) is 5.75 Å². The van der Waals surface area contributed by atoms with Gasteiger partial charge in [-0.2, -0.15) is 11.3 Å². The number of nitrogen functional groups attached to an aromatic ring is 1. The first-order valence-electron chi connectivity index (χ1n) is 7.28. The summed E-state index contributed by atoms with van der Waals surface area (Å²) in [4.78, 5) is 4.10. The van der Waals surface area contributed by atoms with Gasteiger partial charge in [-0.25, -0.2) is 4.98 Å². The molecule has 1 unspecified atom stereocenters. The second-order valence-electron chi connectivity index (χ2n) is 5.24. The molecular formula is C17H19N3OS. The van der Waals surface area contributed by atoms with E-state index in [4.69, 9.17) is 10.5 Å². The third kappa shape index (κ3) is 4.11. The fourth-order valence-electron chi connectivity index (χ4n) is 2.32. The number of nitrogens with two attached hydrogens (primary N) is 1. The molecule has 1 atom stereocenters. The largest absolute Gasteiger partial charge is 0.489 e. The molecule has 3 rings (SSSR count). The topological polar surface area (TPSA) is 53.1 Å². The smallest absolute Gasteiger partial charge is 0.119 e. The van der Waals surface area contributed by atoms with Crippen LogP contribution in [0.1, 0.15) is 12.0 Å². The maximum Gasteiger partial charge on any atom is 0.119 e. The van der Waals surface area contributed by atoms with Crippen molar-refractivity contribution < 1.29 is 4.74 Å². The van der Waals surface area contributed by atoms with Gasteiger partial charge in [-0.05, 0) is 59.5 Å². The normalized spacial score (nSPS) is 12.2. The fourth-order valence-corrected chi connectivity index (χ4v) is 3.02. The van der Waals surface area contributed by atoms with Crippen molar-refractivity contribution in [1.82, 2.24) is 9.55 Å². The van der Waals surface area contributed by atoms with Gasteiger partial charge in [0.05, 0.1) is 12.9 Å². The van der Waals surface area contributed by atoms with Crippen LogP contribution in [-0.2, 0) is 13.0 Å². The monoisotopic (exact) mass is 313 g/mol. The molecule has 0 saturated carbocycles. The van der Waals surface area contributed by atoms with E-state index in [0.717, 1.165) is 30.8 Å². The highest BCUT2D eigenvalue weighted by atomic mass is 32.1. The molecule has 0 aliphatic heterocycles. The number of anilines is 1. The van der Waals surface area contributed by atoms with E-state index in [1.807, 2.05) is 36.8 Å². The lowest BCUT2D eigenvalue weighted by atomic mass is 10.1. The van der Waals surface area contributed by atoms with E-state index in [1.54, 1.807) is 17.5 Å². The van der Waals surface area contributed by atoms with Crippen molar-refractivity contribution in [2.75, 3.05) is 5.73 Å². The van der Waals surface area contributed by atoms with Crippen LogP contribution in [-0.4, -0.2) is 15.7 Å². The molecule has 2 aromatic heterocycles. The Balaban J connectivity index is 1.65. The van der Waals surface area contributed by atoms with Crippen LogP contribution in [0.2, 0.25) is 0 Å². The summed E-state index contributed by atoms with van der Waals surface area (Å²) in [5, 5.41) is 4.30. The highest BCUT2D eigenvalue weighted by Gasteiger charge is 2.12. The number of benzene rings is 1. The minimum Gasteiger partial charge on any atom is -0.489 e. The number of aryl methyl sites for hydroxylation is 1. The van der Waals surface area contributed by atoms with Gasteiger partial charge in [-0.1, -0.05) is 0 Å². The second kappa shape index (κ2) is 7.13. The zero-order valence-corrected chi connectivity index (χ0v) is 13.1. The van der Waals surface area contributed by atoms with Crippen molar-refractivity contribution in [3.05, 3.63) is 65.4 Å². The average molecular weight is 313 g/mol. The molecule has 0 spiro atoms. The zero-order valence-electron chi connectivity index (χ0n) is 12.3. The van der Waals surface area contributed by atoms with Gasteiger partial charge >= 0.3 is 0 Å². The SMILES string of the molecule is Nc1ccc(OC(CCc2ccsc2)Cn2ccnc2)cc1. The quantitative estimate of drug-likeness (QED) is 0.678. The summed E-state index contributed by atoms with van der Waals surface area (Å²) in [6, 6.07) is 9.73. The summed E-state index contributed by atoms with van der Waals surface area (Å²) < 4.78 is 8.19. The van der Waals surface area contributed by atoms with E-state index in [0.29, 0.717) is 0 Å². The van der Waals surface area contributed by atoms with Gasteiger partial charge in [-0.3, -0.25) is 0 Å². The Labute approximate surface area is 134 Å². The van der Waals surface area contributed by atoms with E-state index >= 15 is 0 Å². The van der Waals surface area contributed by atoms with Gasteiger partial charge in [-0.15, -0.1) is 0 Å². The van der Waals surface area contributed by atoms with Crippen molar-refractivity contribution >= 4 is 17.0 Å². The molecule has 0 amide bonds. The van der Waals surface area contributed by atoms with Crippen LogP contribution in [0.25, 0.3) is 0 Å². The first-order chi connectivity index (χ1) is 10.8. The third-order valence-electron chi connectivity index (χ3n) is 3.49. The maximum absolute atomic E-state index is 6.14. The number of ether oxygens (including phenoxy) is 1. The van der Waals surface area contributed by atoms with Crippen LogP contribution < -0.4 is 10.5 Å². The Bertz CT molecular complexity index is 663. The van der Waals surface area contributed by atoms with Crippen molar-refractivity contribution in [2.45, 2.75) is 25.5 Å². The Hall–Kier alpha value is -2.27. The van der Waals surface area contributed by atoms with Crippen LogP contribution in [0.4, 0.5) is 5.69 Å². The molecule has 0 aliphatic rings. The Kier molecular flexibility index (Phi) is 4.75. The molecular weight excluding hydrogens is 294 g/mol. The minimum absolute atomic E-state index is 0.0951. The highest BCUT2D eigenvalue weighted by Crippen LogP contribution is 2.18. The van der Waals surface area contributed by atoms with E-state index in [2.05, 4.69) is 26.4 Å². The van der Waals surface area contributed by atoms with Crippen LogP contribution >= 0.6 is 11.3 Å². The lowest BCUT2D eigenvalue weighted by Crippen LogP contribution is -2.23. The molecule has 0 fully saturated rings. The van der Waals surface area contributed by atoms with Crippen LogP contribution in [0.15, 0.2) is 59.8 Å². The lowest BCUT2D eigenvalue weighted by Gasteiger charge is -2.19. The number of hydrogen-bond acceptors (Lipinski definition) is 4. The van der Waals surface area contributed by atoms with E-state index in [9.17, 15) is 0 Å². The summed E-state index contributed by atoms with van der Waals surface area (Å²) in [7, 11) is 0. The summed E-state index contributed by atoms with van der Waals surface area (Å²) in [6.07, 6.45) is 7.64. The van der Waals surface area contributed by atoms with Crippen LogP contribution in [0.3, 0.4) is 0 Å². The zero-order chi connectivity index (χ0) is 15.2. The Morgan fingerprint density at radius 2 is 2.09 bits per heavy atom. The van der Waals surface area contributed by atoms with E-state index in [1.165, 1.54) is 5.56 Å². The molecule has 114 valence electrons. The summed E-state index contributed by atoms with van der Waals surface area (Å²) >= 11 is 1.73. The number of nitrogens with zero attached hydrogens (tertiary/aromatic N) is 2. The molecule has 3 aromatic rings. The van der Waals surface area contributed by atoms with Crippen molar-refractivity contribution in [2.24, 2.45) is 0 Å². The minimum atomic E-state index is 0.0951. The summed E-state index contributed by atoms with van der Waals surface area (Å²) in [6.45, 7) is 0.786. The lowest BCUT2D eigenvalue weighted by molar-refractivity contribution is 0.170. The van der Waals surface area contributed by atoms with Crippen molar-refractivity contribution in [3.8, 4) is 5.75 Å². The first kappa shape index (κ1) is 14.7. The summed E-state index contributed by atoms with van der Waals surface area (Å²) in [5.41, 5.74) is 7.83. The highest BCUT2D eigenvalue weighted by molar-refractivity contribution is 7.07.